The molecule has 1 aliphatic heterocycles. The van der Waals surface area contributed by atoms with E-state index in [1.807, 2.05) is 0 Å². The Bertz CT molecular complexity index is 491. The van der Waals surface area contributed by atoms with E-state index in [1.54, 1.807) is 0 Å². The van der Waals surface area contributed by atoms with E-state index in [9.17, 15) is 9.59 Å². The van der Waals surface area contributed by atoms with Crippen molar-refractivity contribution in [1.29, 1.82) is 0 Å². The van der Waals surface area contributed by atoms with Crippen LogP contribution in [0.4, 0.5) is 5.82 Å². The number of piperidine rings is 1. The van der Waals surface area contributed by atoms with Gasteiger partial charge >= 0.3 is 11.7 Å². The molecule has 0 radical (unpaired) electrons. The van der Waals surface area contributed by atoms with Crippen molar-refractivity contribution in [2.45, 2.75) is 18.8 Å². The predicted octanol–water partition coefficient (Wildman–Crippen LogP) is -0.483. The predicted molar refractivity (Wildman–Crippen MR) is 61.1 cm³/mol. The monoisotopic (exact) mass is 238 g/mol. The SMILES string of the molecule is Nc1nc(=O)[nH]c(C(=O)O)c1C1CCNCC1. The van der Waals surface area contributed by atoms with E-state index >= 15 is 0 Å². The van der Waals surface area contributed by atoms with E-state index in [0.29, 0.717) is 5.56 Å². The number of hydrogen-bond acceptors (Lipinski definition) is 5. The standard InChI is InChI=1S/C10H14N4O3/c11-8-6(5-1-3-12-4-2-5)7(9(15)16)13-10(17)14-8/h5,12H,1-4H2,(H,15,16)(H3,11,13,14,17). The Balaban J connectivity index is 2.50. The van der Waals surface area contributed by atoms with Crippen molar-refractivity contribution in [3.05, 3.63) is 21.7 Å². The number of nitrogens with one attached hydrogen (secondary N) is 2. The Kier molecular flexibility index (Phi) is 3.10. The van der Waals surface area contributed by atoms with E-state index < -0.39 is 11.7 Å². The molecule has 0 saturated carbocycles. The lowest BCUT2D eigenvalue weighted by molar-refractivity contribution is 0.0687. The van der Waals surface area contributed by atoms with Crippen LogP contribution in [0.1, 0.15) is 34.8 Å². The number of aromatic nitrogens is 2. The molecule has 17 heavy (non-hydrogen) atoms. The molecule has 0 aliphatic carbocycles. The van der Waals surface area contributed by atoms with Crippen LogP contribution in [0, 0.1) is 0 Å². The molecule has 5 N–H and O–H groups in total. The fraction of sp³-hybridized carbons (Fsp3) is 0.500. The number of nitrogens with two attached hydrogens (primary N) is 1. The van der Waals surface area contributed by atoms with Crippen molar-refractivity contribution < 1.29 is 9.90 Å². The number of nitrogen functional groups attached to an aromatic ring is 1. The minimum Gasteiger partial charge on any atom is -0.477 e. The molecular weight excluding hydrogens is 224 g/mol. The average Bonchev–Trinajstić information content (AvgIpc) is 2.29. The molecule has 1 fully saturated rings. The molecule has 2 rings (SSSR count). The molecule has 1 aromatic heterocycles. The van der Waals surface area contributed by atoms with E-state index in [0.717, 1.165) is 25.9 Å². The zero-order valence-electron chi connectivity index (χ0n) is 9.19. The number of nitrogens with zero attached hydrogens (tertiary/aromatic N) is 1. The van der Waals surface area contributed by atoms with Gasteiger partial charge in [-0.15, -0.1) is 0 Å². The summed E-state index contributed by atoms with van der Waals surface area (Å²) >= 11 is 0. The second-order valence-electron chi connectivity index (χ2n) is 4.05. The molecule has 7 nitrogen and oxygen atoms in total. The molecule has 0 aromatic carbocycles. The molecule has 0 atom stereocenters. The van der Waals surface area contributed by atoms with Gasteiger partial charge in [-0.3, -0.25) is 4.98 Å². The van der Waals surface area contributed by atoms with E-state index in [4.69, 9.17) is 10.8 Å². The molecule has 0 unspecified atom stereocenters. The zero-order chi connectivity index (χ0) is 12.4. The summed E-state index contributed by atoms with van der Waals surface area (Å²) in [7, 11) is 0. The van der Waals surface area contributed by atoms with Gasteiger partial charge in [-0.1, -0.05) is 0 Å². The van der Waals surface area contributed by atoms with Gasteiger partial charge in [0.1, 0.15) is 11.5 Å². The van der Waals surface area contributed by atoms with Crippen LogP contribution < -0.4 is 16.7 Å². The van der Waals surface area contributed by atoms with Gasteiger partial charge in [0.05, 0.1) is 0 Å². The number of hydrogen-bond donors (Lipinski definition) is 4. The highest BCUT2D eigenvalue weighted by molar-refractivity contribution is 5.88. The smallest absolute Gasteiger partial charge is 0.352 e. The second kappa shape index (κ2) is 4.54. The molecule has 1 saturated heterocycles. The Hall–Kier alpha value is -1.89. The van der Waals surface area contributed by atoms with Crippen molar-refractivity contribution in [1.82, 2.24) is 15.3 Å². The Labute approximate surface area is 97.1 Å². The third kappa shape index (κ3) is 2.28. The number of rotatable bonds is 2. The topological polar surface area (TPSA) is 121 Å². The normalized spacial score (nSPS) is 16.9. The Morgan fingerprint density at radius 2 is 2.06 bits per heavy atom. The maximum Gasteiger partial charge on any atom is 0.352 e. The lowest BCUT2D eigenvalue weighted by Gasteiger charge is -2.24. The van der Waals surface area contributed by atoms with Gasteiger partial charge in [0.2, 0.25) is 0 Å². The van der Waals surface area contributed by atoms with Crippen LogP contribution in [0.2, 0.25) is 0 Å². The number of carbonyl (C=O) groups is 1. The van der Waals surface area contributed by atoms with Crippen molar-refractivity contribution in [3.8, 4) is 0 Å². The molecule has 0 amide bonds. The maximum atomic E-state index is 11.1. The van der Waals surface area contributed by atoms with Crippen LogP contribution in [0.25, 0.3) is 0 Å². The first-order valence-electron chi connectivity index (χ1n) is 5.43. The molecule has 1 aromatic rings. The minimum atomic E-state index is -1.18. The fourth-order valence-electron chi connectivity index (χ4n) is 2.19. The van der Waals surface area contributed by atoms with Crippen LogP contribution in [0.15, 0.2) is 4.79 Å². The Morgan fingerprint density at radius 3 is 2.65 bits per heavy atom. The first kappa shape index (κ1) is 11.6. The van der Waals surface area contributed by atoms with Gasteiger partial charge in [-0.25, -0.2) is 9.59 Å². The molecule has 7 heteroatoms. The minimum absolute atomic E-state index is 0.0260. The van der Waals surface area contributed by atoms with E-state index in [-0.39, 0.29) is 17.4 Å². The van der Waals surface area contributed by atoms with Gasteiger partial charge in [0, 0.05) is 5.56 Å². The van der Waals surface area contributed by atoms with Gasteiger partial charge in [-0.2, -0.15) is 4.98 Å². The van der Waals surface area contributed by atoms with Gasteiger partial charge < -0.3 is 16.2 Å². The molecule has 0 bridgehead atoms. The van der Waals surface area contributed by atoms with Crippen LogP contribution in [-0.4, -0.2) is 34.1 Å². The van der Waals surface area contributed by atoms with Crippen LogP contribution >= 0.6 is 0 Å². The molecular formula is C10H14N4O3. The summed E-state index contributed by atoms with van der Waals surface area (Å²) in [6.45, 7) is 1.62. The summed E-state index contributed by atoms with van der Waals surface area (Å²) in [6, 6.07) is 0. The number of H-pyrrole nitrogens is 1. The fourth-order valence-corrected chi connectivity index (χ4v) is 2.19. The number of anilines is 1. The third-order valence-corrected chi connectivity index (χ3v) is 2.96. The number of carboxylic acids is 1. The first-order valence-corrected chi connectivity index (χ1v) is 5.43. The van der Waals surface area contributed by atoms with Crippen LogP contribution in [0.5, 0.6) is 0 Å². The second-order valence-corrected chi connectivity index (χ2v) is 4.05. The van der Waals surface area contributed by atoms with Crippen molar-refractivity contribution in [2.75, 3.05) is 18.8 Å². The largest absolute Gasteiger partial charge is 0.477 e. The highest BCUT2D eigenvalue weighted by atomic mass is 16.4. The lowest BCUT2D eigenvalue weighted by Crippen LogP contribution is -2.30. The summed E-state index contributed by atoms with van der Waals surface area (Å²) < 4.78 is 0. The summed E-state index contributed by atoms with van der Waals surface area (Å²) in [5.41, 5.74) is 5.28. The highest BCUT2D eigenvalue weighted by Gasteiger charge is 2.25. The number of aromatic amines is 1. The molecule has 0 spiro atoms. The summed E-state index contributed by atoms with van der Waals surface area (Å²) in [5.74, 6) is -1.12. The molecule has 2 heterocycles. The first-order chi connectivity index (χ1) is 8.09. The maximum absolute atomic E-state index is 11.1. The molecule has 92 valence electrons. The van der Waals surface area contributed by atoms with Gasteiger partial charge in [0.15, 0.2) is 0 Å². The van der Waals surface area contributed by atoms with Gasteiger partial charge in [0.25, 0.3) is 0 Å². The van der Waals surface area contributed by atoms with E-state index in [2.05, 4.69) is 15.3 Å². The summed E-state index contributed by atoms with van der Waals surface area (Å²) in [4.78, 5) is 28.0. The third-order valence-electron chi connectivity index (χ3n) is 2.96. The number of aromatic carboxylic acids is 1. The van der Waals surface area contributed by atoms with Crippen molar-refractivity contribution in [3.63, 3.8) is 0 Å². The highest BCUT2D eigenvalue weighted by Crippen LogP contribution is 2.29. The van der Waals surface area contributed by atoms with E-state index in [1.165, 1.54) is 0 Å². The Morgan fingerprint density at radius 1 is 1.41 bits per heavy atom. The van der Waals surface area contributed by atoms with Gasteiger partial charge in [-0.05, 0) is 31.8 Å². The van der Waals surface area contributed by atoms with Crippen molar-refractivity contribution in [2.24, 2.45) is 0 Å². The van der Waals surface area contributed by atoms with Crippen LogP contribution in [0.3, 0.4) is 0 Å². The summed E-state index contributed by atoms with van der Waals surface area (Å²) in [6.07, 6.45) is 1.58. The van der Waals surface area contributed by atoms with Crippen LogP contribution in [-0.2, 0) is 0 Å². The quantitative estimate of drug-likeness (QED) is 0.552. The molecule has 1 aliphatic rings. The average molecular weight is 238 g/mol. The number of carboxylic acid groups (broad SMARTS) is 1. The zero-order valence-corrected chi connectivity index (χ0v) is 9.19. The van der Waals surface area contributed by atoms with Crippen molar-refractivity contribution >= 4 is 11.8 Å². The summed E-state index contributed by atoms with van der Waals surface area (Å²) in [5, 5.41) is 12.3. The lowest BCUT2D eigenvalue weighted by atomic mass is 9.89.